The number of carbonyl (C=O) groups is 1. The third-order valence-electron chi connectivity index (χ3n) is 4.39. The number of nitrogens with one attached hydrogen (secondary N) is 1. The molecule has 0 radical (unpaired) electrons. The van der Waals surface area contributed by atoms with Crippen molar-refractivity contribution in [2.24, 2.45) is 0 Å². The van der Waals surface area contributed by atoms with Crippen molar-refractivity contribution in [3.63, 3.8) is 0 Å². The number of benzene rings is 2. The van der Waals surface area contributed by atoms with Gasteiger partial charge in [-0.3, -0.25) is 4.79 Å². The molecule has 0 fully saturated rings. The van der Waals surface area contributed by atoms with Crippen molar-refractivity contribution in [2.45, 2.75) is 18.9 Å². The molecule has 1 aliphatic rings. The molecule has 126 valence electrons. The van der Waals surface area contributed by atoms with Gasteiger partial charge in [-0.2, -0.15) is 0 Å². The summed E-state index contributed by atoms with van der Waals surface area (Å²) >= 11 is 0. The van der Waals surface area contributed by atoms with Crippen LogP contribution in [0.3, 0.4) is 0 Å². The molecule has 2 aromatic carbocycles. The Bertz CT molecular complexity index is 757. The molecule has 5 heteroatoms. The maximum absolute atomic E-state index is 12.8. The second kappa shape index (κ2) is 6.83. The minimum atomic E-state index is -0.186. The molecule has 2 aromatic rings. The Morgan fingerprint density at radius 3 is 2.46 bits per heavy atom. The van der Waals surface area contributed by atoms with Gasteiger partial charge in [-0.15, -0.1) is 0 Å². The highest BCUT2D eigenvalue weighted by atomic mass is 16.5. The maximum Gasteiger partial charge on any atom is 0.255 e. The van der Waals surface area contributed by atoms with Crippen molar-refractivity contribution in [1.82, 2.24) is 5.32 Å². The minimum absolute atomic E-state index is 0.0199. The monoisotopic (exact) mass is 327 g/mol. The summed E-state index contributed by atoms with van der Waals surface area (Å²) in [5.74, 6) is 1.13. The van der Waals surface area contributed by atoms with E-state index in [4.69, 9.17) is 14.2 Å². The van der Waals surface area contributed by atoms with Gasteiger partial charge in [-0.1, -0.05) is 24.3 Å². The largest absolute Gasteiger partial charge is 0.493 e. The van der Waals surface area contributed by atoms with Gasteiger partial charge in [0.15, 0.2) is 11.5 Å². The van der Waals surface area contributed by atoms with E-state index in [9.17, 15) is 4.79 Å². The number of aryl methyl sites for hydroxylation is 1. The Balaban J connectivity index is 1.89. The van der Waals surface area contributed by atoms with Crippen LogP contribution < -0.4 is 19.5 Å². The van der Waals surface area contributed by atoms with E-state index in [-0.39, 0.29) is 11.9 Å². The average Bonchev–Trinajstić information content (AvgIpc) is 3.03. The summed E-state index contributed by atoms with van der Waals surface area (Å²) < 4.78 is 16.0. The van der Waals surface area contributed by atoms with Gasteiger partial charge in [0.05, 0.1) is 32.9 Å². The first-order valence-corrected chi connectivity index (χ1v) is 7.87. The molecule has 0 bridgehead atoms. The molecule has 0 saturated heterocycles. The molecule has 0 aliphatic heterocycles. The summed E-state index contributed by atoms with van der Waals surface area (Å²) in [5.41, 5.74) is 2.91. The van der Waals surface area contributed by atoms with Gasteiger partial charge in [0.2, 0.25) is 5.75 Å². The van der Waals surface area contributed by atoms with Crippen molar-refractivity contribution in [2.75, 3.05) is 21.3 Å². The predicted molar refractivity (Wildman–Crippen MR) is 91.1 cm³/mol. The predicted octanol–water partition coefficient (Wildman–Crippen LogP) is 3.13. The summed E-state index contributed by atoms with van der Waals surface area (Å²) in [5, 5.41) is 3.10. The van der Waals surface area contributed by atoms with Crippen LogP contribution in [0.15, 0.2) is 36.4 Å². The van der Waals surface area contributed by atoms with Gasteiger partial charge in [0.25, 0.3) is 5.91 Å². The van der Waals surface area contributed by atoms with Crippen molar-refractivity contribution in [1.29, 1.82) is 0 Å². The normalized spacial score (nSPS) is 15.5. The third kappa shape index (κ3) is 2.77. The molecule has 1 atom stereocenters. The van der Waals surface area contributed by atoms with Crippen LogP contribution in [0.25, 0.3) is 0 Å². The van der Waals surface area contributed by atoms with Crippen LogP contribution in [0.4, 0.5) is 0 Å². The average molecular weight is 327 g/mol. The molecular formula is C19H21NO4. The van der Waals surface area contributed by atoms with Gasteiger partial charge in [-0.25, -0.2) is 0 Å². The van der Waals surface area contributed by atoms with Gasteiger partial charge >= 0.3 is 0 Å². The Hall–Kier alpha value is -2.69. The molecule has 1 N–H and O–H groups in total. The SMILES string of the molecule is COc1ccc(C(=O)N[C@H]2CCc3ccccc32)c(OC)c1OC. The molecule has 1 aliphatic carbocycles. The first-order chi connectivity index (χ1) is 11.7. The Morgan fingerprint density at radius 1 is 1.00 bits per heavy atom. The van der Waals surface area contributed by atoms with Gasteiger partial charge in [0, 0.05) is 0 Å². The highest BCUT2D eigenvalue weighted by Crippen LogP contribution is 2.40. The summed E-state index contributed by atoms with van der Waals surface area (Å²) in [6, 6.07) is 11.6. The summed E-state index contributed by atoms with van der Waals surface area (Å²) in [4.78, 5) is 12.8. The van der Waals surface area contributed by atoms with Crippen LogP contribution in [0.1, 0.15) is 33.9 Å². The van der Waals surface area contributed by atoms with Gasteiger partial charge < -0.3 is 19.5 Å². The lowest BCUT2D eigenvalue weighted by atomic mass is 10.1. The maximum atomic E-state index is 12.8. The van der Waals surface area contributed by atoms with E-state index in [0.29, 0.717) is 22.8 Å². The number of hydrogen-bond acceptors (Lipinski definition) is 4. The molecule has 0 spiro atoms. The fourth-order valence-electron chi connectivity index (χ4n) is 3.22. The van der Waals surface area contributed by atoms with Crippen LogP contribution in [0, 0.1) is 0 Å². The van der Waals surface area contributed by atoms with Crippen LogP contribution in [0.2, 0.25) is 0 Å². The number of ether oxygens (including phenoxy) is 3. The van der Waals surface area contributed by atoms with E-state index in [1.807, 2.05) is 12.1 Å². The lowest BCUT2D eigenvalue weighted by molar-refractivity contribution is 0.0933. The van der Waals surface area contributed by atoms with Crippen LogP contribution in [-0.2, 0) is 6.42 Å². The molecule has 0 heterocycles. The van der Waals surface area contributed by atoms with E-state index in [2.05, 4.69) is 17.4 Å². The second-order valence-corrected chi connectivity index (χ2v) is 5.65. The van der Waals surface area contributed by atoms with Gasteiger partial charge in [-0.05, 0) is 36.1 Å². The molecule has 3 rings (SSSR count). The Kier molecular flexibility index (Phi) is 4.60. The van der Waals surface area contributed by atoms with Crippen molar-refractivity contribution in [3.8, 4) is 17.2 Å². The zero-order chi connectivity index (χ0) is 17.1. The first-order valence-electron chi connectivity index (χ1n) is 7.87. The number of methoxy groups -OCH3 is 3. The summed E-state index contributed by atoms with van der Waals surface area (Å²) in [6.07, 6.45) is 1.88. The minimum Gasteiger partial charge on any atom is -0.493 e. The summed E-state index contributed by atoms with van der Waals surface area (Å²) in [6.45, 7) is 0. The molecule has 0 unspecified atom stereocenters. The quantitative estimate of drug-likeness (QED) is 0.917. The zero-order valence-electron chi connectivity index (χ0n) is 14.1. The Morgan fingerprint density at radius 2 is 1.75 bits per heavy atom. The van der Waals surface area contributed by atoms with Crippen LogP contribution in [-0.4, -0.2) is 27.2 Å². The van der Waals surface area contributed by atoms with E-state index in [0.717, 1.165) is 12.8 Å². The van der Waals surface area contributed by atoms with E-state index in [1.54, 1.807) is 19.2 Å². The number of rotatable bonds is 5. The fraction of sp³-hybridized carbons (Fsp3) is 0.316. The lowest BCUT2D eigenvalue weighted by Gasteiger charge is -2.18. The molecular weight excluding hydrogens is 306 g/mol. The standard InChI is InChI=1S/C19H21NO4/c1-22-16-11-9-14(17(23-2)18(16)24-3)19(21)20-15-10-8-12-6-4-5-7-13(12)15/h4-7,9,11,15H,8,10H2,1-3H3,(H,20,21)/t15-/m0/s1. The second-order valence-electron chi connectivity index (χ2n) is 5.65. The van der Waals surface area contributed by atoms with E-state index in [1.165, 1.54) is 25.3 Å². The van der Waals surface area contributed by atoms with Gasteiger partial charge in [0.1, 0.15) is 0 Å². The number of hydrogen-bond donors (Lipinski definition) is 1. The molecule has 0 saturated carbocycles. The Labute approximate surface area is 141 Å². The van der Waals surface area contributed by atoms with E-state index >= 15 is 0 Å². The smallest absolute Gasteiger partial charge is 0.255 e. The highest BCUT2D eigenvalue weighted by molar-refractivity contribution is 5.98. The number of fused-ring (bicyclic) bond motifs is 1. The molecule has 5 nitrogen and oxygen atoms in total. The third-order valence-corrected chi connectivity index (χ3v) is 4.39. The lowest BCUT2D eigenvalue weighted by Crippen LogP contribution is -2.27. The topological polar surface area (TPSA) is 56.8 Å². The van der Waals surface area contributed by atoms with Crippen LogP contribution >= 0.6 is 0 Å². The number of carbonyl (C=O) groups excluding carboxylic acids is 1. The highest BCUT2D eigenvalue weighted by Gasteiger charge is 2.26. The molecule has 1 amide bonds. The zero-order valence-corrected chi connectivity index (χ0v) is 14.1. The van der Waals surface area contributed by atoms with Crippen molar-refractivity contribution >= 4 is 5.91 Å². The summed E-state index contributed by atoms with van der Waals surface area (Å²) in [7, 11) is 4.58. The fourth-order valence-corrected chi connectivity index (χ4v) is 3.22. The van der Waals surface area contributed by atoms with Crippen molar-refractivity contribution in [3.05, 3.63) is 53.1 Å². The number of amides is 1. The molecule has 0 aromatic heterocycles. The first kappa shape index (κ1) is 16.2. The molecule has 24 heavy (non-hydrogen) atoms. The van der Waals surface area contributed by atoms with Crippen molar-refractivity contribution < 1.29 is 19.0 Å². The van der Waals surface area contributed by atoms with E-state index < -0.39 is 0 Å². The van der Waals surface area contributed by atoms with Crippen LogP contribution in [0.5, 0.6) is 17.2 Å².